The van der Waals surface area contributed by atoms with Gasteiger partial charge in [0.05, 0.1) is 17.9 Å². The monoisotopic (exact) mass is 486 g/mol. The molecular weight excluding hydrogens is 467 g/mol. The smallest absolute Gasteiger partial charge is 0.296 e. The average Bonchev–Trinajstić information content (AvgIpc) is 3.46. The van der Waals surface area contributed by atoms with Crippen molar-refractivity contribution in [2.75, 3.05) is 5.32 Å². The number of nitrogens with zero attached hydrogens (tertiary/aromatic N) is 5. The Labute approximate surface area is 197 Å². The van der Waals surface area contributed by atoms with Crippen LogP contribution in [0.25, 0.3) is 0 Å². The van der Waals surface area contributed by atoms with Gasteiger partial charge in [0, 0.05) is 24.2 Å². The van der Waals surface area contributed by atoms with Gasteiger partial charge >= 0.3 is 0 Å². The summed E-state index contributed by atoms with van der Waals surface area (Å²) in [5.41, 5.74) is 0.0407. The molecule has 0 fully saturated rings. The first-order valence-electron chi connectivity index (χ1n) is 10.1. The number of rotatable bonds is 6. The molecule has 0 saturated heterocycles. The molecule has 0 aliphatic carbocycles. The van der Waals surface area contributed by atoms with Gasteiger partial charge in [0.2, 0.25) is 5.75 Å². The molecule has 0 radical (unpaired) electrons. The Morgan fingerprint density at radius 3 is 2.74 bits per heavy atom. The van der Waals surface area contributed by atoms with Crippen LogP contribution < -0.4 is 10.9 Å². The van der Waals surface area contributed by atoms with E-state index in [1.165, 1.54) is 37.7 Å². The van der Waals surface area contributed by atoms with Gasteiger partial charge in [0.1, 0.15) is 23.6 Å². The quantitative estimate of drug-likeness (QED) is 0.427. The number of amides is 1. The Morgan fingerprint density at radius 1 is 1.32 bits per heavy atom. The van der Waals surface area contributed by atoms with Gasteiger partial charge in [0.25, 0.3) is 11.5 Å². The fraction of sp³-hybridized carbons (Fsp3) is 0.227. The van der Waals surface area contributed by atoms with Gasteiger partial charge in [-0.15, -0.1) is 0 Å². The van der Waals surface area contributed by atoms with Crippen LogP contribution in [-0.2, 0) is 7.05 Å². The van der Waals surface area contributed by atoms with E-state index < -0.39 is 40.7 Å². The van der Waals surface area contributed by atoms with Crippen molar-refractivity contribution >= 4 is 23.2 Å². The summed E-state index contributed by atoms with van der Waals surface area (Å²) < 4.78 is 21.6. The molecule has 0 aliphatic rings. The van der Waals surface area contributed by atoms with Crippen molar-refractivity contribution in [1.29, 1.82) is 0 Å². The molecule has 4 rings (SSSR count). The van der Waals surface area contributed by atoms with Crippen LogP contribution in [0, 0.1) is 12.7 Å². The molecule has 176 valence electrons. The van der Waals surface area contributed by atoms with Gasteiger partial charge < -0.3 is 14.9 Å². The normalized spacial score (nSPS) is 13.0. The second kappa shape index (κ2) is 9.10. The lowest BCUT2D eigenvalue weighted by Crippen LogP contribution is -2.30. The van der Waals surface area contributed by atoms with Crippen molar-refractivity contribution in [2.24, 2.45) is 7.05 Å². The van der Waals surface area contributed by atoms with E-state index in [-0.39, 0.29) is 11.5 Å². The number of benzene rings is 1. The maximum atomic E-state index is 14.2. The van der Waals surface area contributed by atoms with Crippen molar-refractivity contribution < 1.29 is 18.8 Å². The van der Waals surface area contributed by atoms with E-state index in [9.17, 15) is 19.1 Å². The molecule has 0 saturated carbocycles. The van der Waals surface area contributed by atoms with Gasteiger partial charge in [-0.2, -0.15) is 5.10 Å². The van der Waals surface area contributed by atoms with Crippen molar-refractivity contribution in [3.8, 4) is 5.75 Å². The Kier molecular flexibility index (Phi) is 6.20. The molecule has 34 heavy (non-hydrogen) atoms. The number of aromatic nitrogens is 5. The molecule has 10 nitrogen and oxygen atoms in total. The maximum Gasteiger partial charge on any atom is 0.296 e. The number of hydrogen-bond donors (Lipinski definition) is 2. The standard InChI is InChI=1S/C22H20ClFN6O4/c1-11-6-7-30(28-11)18(15-8-13(24)4-5-16(15)23)12(2)20-27-17(19(31)22(33)29(20)3)21(32)26-14-9-25-34-10-14/h4-10,12,18,31H,1-3H3,(H,26,32)/t12-,18+/m0/s1. The predicted molar refractivity (Wildman–Crippen MR) is 121 cm³/mol. The molecule has 12 heteroatoms. The first kappa shape index (κ1) is 23.2. The molecule has 0 aliphatic heterocycles. The van der Waals surface area contributed by atoms with Crippen LogP contribution in [0.1, 0.15) is 46.5 Å². The minimum absolute atomic E-state index is 0.150. The number of hydrogen-bond acceptors (Lipinski definition) is 7. The largest absolute Gasteiger partial charge is 0.501 e. The van der Waals surface area contributed by atoms with Crippen LogP contribution in [0.15, 0.2) is 52.2 Å². The van der Waals surface area contributed by atoms with Crippen molar-refractivity contribution in [3.63, 3.8) is 0 Å². The number of anilines is 1. The van der Waals surface area contributed by atoms with Gasteiger partial charge in [-0.25, -0.2) is 9.37 Å². The van der Waals surface area contributed by atoms with E-state index in [4.69, 9.17) is 11.6 Å². The van der Waals surface area contributed by atoms with Crippen LogP contribution in [-0.4, -0.2) is 35.5 Å². The first-order chi connectivity index (χ1) is 16.2. The average molecular weight is 487 g/mol. The third-order valence-corrected chi connectivity index (χ3v) is 5.74. The Bertz CT molecular complexity index is 1420. The Balaban J connectivity index is 1.85. The number of carbonyl (C=O) groups excluding carboxylic acids is 1. The van der Waals surface area contributed by atoms with E-state index >= 15 is 0 Å². The van der Waals surface area contributed by atoms with Crippen LogP contribution in [0.2, 0.25) is 5.02 Å². The first-order valence-corrected chi connectivity index (χ1v) is 10.5. The van der Waals surface area contributed by atoms with Crippen molar-refractivity contribution in [1.82, 2.24) is 24.5 Å². The van der Waals surface area contributed by atoms with Gasteiger partial charge in [-0.05, 0) is 36.8 Å². The fourth-order valence-corrected chi connectivity index (χ4v) is 3.97. The third-order valence-electron chi connectivity index (χ3n) is 5.39. The predicted octanol–water partition coefficient (Wildman–Crippen LogP) is 3.42. The summed E-state index contributed by atoms with van der Waals surface area (Å²) >= 11 is 6.42. The van der Waals surface area contributed by atoms with Crippen LogP contribution in [0.3, 0.4) is 0 Å². The molecule has 1 aromatic carbocycles. The SMILES string of the molecule is Cc1ccn([C@@H](c2cc(F)ccc2Cl)[C@H](C)c2nc(C(=O)Nc3cnoc3)c(O)c(=O)n2C)n1. The highest BCUT2D eigenvalue weighted by Gasteiger charge is 2.31. The van der Waals surface area contributed by atoms with E-state index in [2.05, 4.69) is 25.1 Å². The maximum absolute atomic E-state index is 14.2. The lowest BCUT2D eigenvalue weighted by Gasteiger charge is -2.27. The van der Waals surface area contributed by atoms with E-state index in [1.54, 1.807) is 30.8 Å². The zero-order chi connectivity index (χ0) is 24.6. The Hall–Kier alpha value is -3.99. The van der Waals surface area contributed by atoms with Crippen molar-refractivity contribution in [2.45, 2.75) is 25.8 Å². The molecule has 4 aromatic rings. The van der Waals surface area contributed by atoms with Crippen LogP contribution in [0.4, 0.5) is 10.1 Å². The lowest BCUT2D eigenvalue weighted by atomic mass is 9.93. The number of nitrogens with one attached hydrogen (secondary N) is 1. The number of aromatic hydroxyl groups is 1. The van der Waals surface area contributed by atoms with Crippen molar-refractivity contribution in [3.05, 3.63) is 86.9 Å². The van der Waals surface area contributed by atoms with Crippen LogP contribution in [0.5, 0.6) is 5.75 Å². The van der Waals surface area contributed by atoms with Gasteiger partial charge in [-0.1, -0.05) is 23.7 Å². The second-order valence-corrected chi connectivity index (χ2v) is 8.14. The highest BCUT2D eigenvalue weighted by Crippen LogP contribution is 2.37. The summed E-state index contributed by atoms with van der Waals surface area (Å²) in [5.74, 6) is -2.64. The summed E-state index contributed by atoms with van der Waals surface area (Å²) in [7, 11) is 1.42. The molecule has 0 unspecified atom stereocenters. The van der Waals surface area contributed by atoms with Crippen LogP contribution >= 0.6 is 11.6 Å². The summed E-state index contributed by atoms with van der Waals surface area (Å²) in [6, 6.07) is 5.05. The summed E-state index contributed by atoms with van der Waals surface area (Å²) in [5, 5.41) is 21.0. The molecule has 2 N–H and O–H groups in total. The molecule has 0 spiro atoms. The Morgan fingerprint density at radius 2 is 2.09 bits per heavy atom. The highest BCUT2D eigenvalue weighted by atomic mass is 35.5. The highest BCUT2D eigenvalue weighted by molar-refractivity contribution is 6.31. The third kappa shape index (κ3) is 4.29. The van der Waals surface area contributed by atoms with E-state index in [0.29, 0.717) is 16.3 Å². The molecule has 2 atom stereocenters. The topological polar surface area (TPSA) is 128 Å². The number of carbonyl (C=O) groups is 1. The second-order valence-electron chi connectivity index (χ2n) is 7.74. The fourth-order valence-electron chi connectivity index (χ4n) is 3.74. The summed E-state index contributed by atoms with van der Waals surface area (Å²) in [6.45, 7) is 3.54. The van der Waals surface area contributed by atoms with E-state index in [0.717, 1.165) is 4.57 Å². The molecule has 3 heterocycles. The molecule has 0 bridgehead atoms. The minimum Gasteiger partial charge on any atom is -0.501 e. The van der Waals surface area contributed by atoms with Gasteiger partial charge in [0.15, 0.2) is 5.69 Å². The summed E-state index contributed by atoms with van der Waals surface area (Å²) in [6.07, 6.45) is 4.14. The lowest BCUT2D eigenvalue weighted by molar-refractivity contribution is 0.101. The van der Waals surface area contributed by atoms with Gasteiger partial charge in [-0.3, -0.25) is 18.8 Å². The zero-order valence-electron chi connectivity index (χ0n) is 18.4. The molecular formula is C22H20ClFN6O4. The zero-order valence-corrected chi connectivity index (χ0v) is 19.1. The number of halogens is 2. The molecule has 3 aromatic heterocycles. The minimum atomic E-state index is -0.831. The summed E-state index contributed by atoms with van der Waals surface area (Å²) in [4.78, 5) is 29.9. The number of aryl methyl sites for hydroxylation is 1. The van der Waals surface area contributed by atoms with E-state index in [1.807, 2.05) is 0 Å². The molecule has 1 amide bonds.